The van der Waals surface area contributed by atoms with Gasteiger partial charge in [-0.2, -0.15) is 0 Å². The van der Waals surface area contributed by atoms with Crippen LogP contribution in [0.5, 0.6) is 0 Å². The summed E-state index contributed by atoms with van der Waals surface area (Å²) in [6, 6.07) is 32.5. The van der Waals surface area contributed by atoms with Crippen molar-refractivity contribution < 1.29 is 9.34 Å². The molecule has 6 aromatic rings. The summed E-state index contributed by atoms with van der Waals surface area (Å²) in [7, 11) is 0. The van der Waals surface area contributed by atoms with Crippen LogP contribution in [0.3, 0.4) is 0 Å². The molecule has 0 aliphatic rings. The molecular formula is C30H20N2O4. The molecule has 0 N–H and O–H groups in total. The Morgan fingerprint density at radius 2 is 1.44 bits per heavy atom. The first-order valence-electron chi connectivity index (χ1n) is 11.5. The van der Waals surface area contributed by atoms with Crippen molar-refractivity contribution in [2.45, 2.75) is 6.54 Å². The van der Waals surface area contributed by atoms with E-state index in [9.17, 15) is 14.9 Å². The Balaban J connectivity index is 1.42. The molecule has 2 aromatic heterocycles. The Bertz CT molecular complexity index is 1800. The van der Waals surface area contributed by atoms with Gasteiger partial charge in [-0.05, 0) is 22.8 Å². The van der Waals surface area contributed by atoms with E-state index in [0.717, 1.165) is 44.2 Å². The lowest BCUT2D eigenvalue weighted by atomic mass is 9.99. The van der Waals surface area contributed by atoms with Crippen molar-refractivity contribution in [2.75, 3.05) is 0 Å². The van der Waals surface area contributed by atoms with Crippen molar-refractivity contribution in [1.29, 1.82) is 0 Å². The van der Waals surface area contributed by atoms with E-state index in [1.54, 1.807) is 6.20 Å². The average molecular weight is 473 g/mol. The van der Waals surface area contributed by atoms with Crippen LogP contribution in [0.2, 0.25) is 0 Å². The molecule has 0 fully saturated rings. The van der Waals surface area contributed by atoms with E-state index in [1.807, 2.05) is 97.1 Å². The van der Waals surface area contributed by atoms with E-state index >= 15 is 0 Å². The maximum Gasteiger partial charge on any atom is 0.334 e. The second-order valence-corrected chi connectivity index (χ2v) is 8.65. The molecule has 4 aromatic carbocycles. The van der Waals surface area contributed by atoms with Crippen molar-refractivity contribution in [3.8, 4) is 22.3 Å². The summed E-state index contributed by atoms with van der Waals surface area (Å²) >= 11 is 0. The molecule has 6 heteroatoms. The second kappa shape index (κ2) is 8.67. The zero-order valence-corrected chi connectivity index (χ0v) is 19.1. The number of nitrogens with zero attached hydrogens (tertiary/aromatic N) is 2. The number of para-hydroxylation sites is 2. The molecule has 36 heavy (non-hydrogen) atoms. The molecule has 0 bridgehead atoms. The van der Waals surface area contributed by atoms with Crippen molar-refractivity contribution >= 4 is 27.6 Å². The lowest BCUT2D eigenvalue weighted by molar-refractivity contribution is -0.386. The van der Waals surface area contributed by atoms with E-state index in [4.69, 9.17) is 4.42 Å². The van der Waals surface area contributed by atoms with Gasteiger partial charge >= 0.3 is 11.2 Å². The molecule has 0 aliphatic heterocycles. The van der Waals surface area contributed by atoms with Gasteiger partial charge in [-0.15, -0.1) is 0 Å². The Labute approximate surface area is 205 Å². The predicted molar refractivity (Wildman–Crippen MR) is 141 cm³/mol. The third-order valence-corrected chi connectivity index (χ3v) is 6.39. The molecule has 6 rings (SSSR count). The SMILES string of the molecule is O=c1c([N+](=O)[O-])cc(-c2ccc(-c3cccc4c3oc3ccccc34)cc2)cn1Cc1ccccc1. The molecule has 0 atom stereocenters. The highest BCUT2D eigenvalue weighted by Crippen LogP contribution is 2.36. The standard InChI is InChI=1S/C30H20N2O4/c33-30-27(32(34)35)17-23(19-31(30)18-20-7-2-1-3-8-20)21-13-15-22(16-14-21)24-10-6-11-26-25-9-4-5-12-28(25)36-29(24)26/h1-17,19H,18H2. The summed E-state index contributed by atoms with van der Waals surface area (Å²) in [4.78, 5) is 23.8. The Hall–Kier alpha value is -4.97. The minimum absolute atomic E-state index is 0.250. The first-order valence-corrected chi connectivity index (χ1v) is 11.5. The fraction of sp³-hybridized carbons (Fsp3) is 0.0333. The number of hydrogen-bond donors (Lipinski definition) is 0. The van der Waals surface area contributed by atoms with Crippen molar-refractivity contribution in [3.63, 3.8) is 0 Å². The summed E-state index contributed by atoms with van der Waals surface area (Å²) in [5.41, 5.74) is 4.79. The van der Waals surface area contributed by atoms with Gasteiger partial charge in [0.05, 0.1) is 11.5 Å². The first-order chi connectivity index (χ1) is 17.6. The van der Waals surface area contributed by atoms with Gasteiger partial charge in [-0.25, -0.2) is 0 Å². The molecule has 0 saturated carbocycles. The Kier molecular flexibility index (Phi) is 5.19. The number of rotatable bonds is 5. The molecule has 6 nitrogen and oxygen atoms in total. The highest BCUT2D eigenvalue weighted by Gasteiger charge is 2.18. The molecular weight excluding hydrogens is 452 g/mol. The summed E-state index contributed by atoms with van der Waals surface area (Å²) in [5, 5.41) is 13.7. The third-order valence-electron chi connectivity index (χ3n) is 6.39. The molecule has 0 spiro atoms. The molecule has 0 radical (unpaired) electrons. The van der Waals surface area contributed by atoms with Gasteiger partial charge in [0.2, 0.25) is 0 Å². The van der Waals surface area contributed by atoms with Crippen LogP contribution in [-0.2, 0) is 6.54 Å². The fourth-order valence-electron chi connectivity index (χ4n) is 4.62. The number of benzene rings is 4. The van der Waals surface area contributed by atoms with Crippen molar-refractivity contribution in [3.05, 3.63) is 135 Å². The largest absolute Gasteiger partial charge is 0.455 e. The number of hydrogen-bond acceptors (Lipinski definition) is 4. The van der Waals surface area contributed by atoms with Gasteiger partial charge in [-0.1, -0.05) is 91.0 Å². The van der Waals surface area contributed by atoms with Gasteiger partial charge in [0.25, 0.3) is 0 Å². The predicted octanol–water partition coefficient (Wildman–Crippen LogP) is 7.04. The van der Waals surface area contributed by atoms with Gasteiger partial charge in [0.1, 0.15) is 11.2 Å². The van der Waals surface area contributed by atoms with Crippen LogP contribution >= 0.6 is 0 Å². The molecule has 0 unspecified atom stereocenters. The fourth-order valence-corrected chi connectivity index (χ4v) is 4.62. The number of nitro groups is 1. The highest BCUT2D eigenvalue weighted by atomic mass is 16.6. The van der Waals surface area contributed by atoms with E-state index < -0.39 is 16.2 Å². The quantitative estimate of drug-likeness (QED) is 0.199. The zero-order valence-electron chi connectivity index (χ0n) is 19.1. The summed E-state index contributed by atoms with van der Waals surface area (Å²) in [5.74, 6) is 0. The van der Waals surface area contributed by atoms with Crippen LogP contribution < -0.4 is 5.56 Å². The number of pyridine rings is 1. The minimum Gasteiger partial charge on any atom is -0.455 e. The summed E-state index contributed by atoms with van der Waals surface area (Å²) in [6.07, 6.45) is 1.68. The van der Waals surface area contributed by atoms with Crippen LogP contribution in [-0.4, -0.2) is 9.49 Å². The van der Waals surface area contributed by atoms with Gasteiger partial charge in [0.15, 0.2) is 0 Å². The molecule has 0 saturated heterocycles. The smallest absolute Gasteiger partial charge is 0.334 e. The van der Waals surface area contributed by atoms with E-state index in [1.165, 1.54) is 10.6 Å². The van der Waals surface area contributed by atoms with Crippen LogP contribution in [0, 0.1) is 10.1 Å². The van der Waals surface area contributed by atoms with Gasteiger partial charge in [-0.3, -0.25) is 14.9 Å². The maximum atomic E-state index is 12.7. The Morgan fingerprint density at radius 1 is 0.750 bits per heavy atom. The number of aromatic nitrogens is 1. The van der Waals surface area contributed by atoms with Gasteiger partial charge in [0, 0.05) is 34.2 Å². The van der Waals surface area contributed by atoms with E-state index in [-0.39, 0.29) is 6.54 Å². The van der Waals surface area contributed by atoms with Crippen molar-refractivity contribution in [1.82, 2.24) is 4.57 Å². The van der Waals surface area contributed by atoms with Crippen LogP contribution in [0.15, 0.2) is 119 Å². The second-order valence-electron chi connectivity index (χ2n) is 8.65. The zero-order chi connectivity index (χ0) is 24.6. The normalized spacial score (nSPS) is 11.2. The van der Waals surface area contributed by atoms with Crippen LogP contribution in [0.4, 0.5) is 5.69 Å². The lowest BCUT2D eigenvalue weighted by Gasteiger charge is -2.10. The van der Waals surface area contributed by atoms with Crippen LogP contribution in [0.25, 0.3) is 44.2 Å². The summed E-state index contributed by atoms with van der Waals surface area (Å²) in [6.45, 7) is 0.250. The number of furan rings is 1. The van der Waals surface area contributed by atoms with Gasteiger partial charge < -0.3 is 8.98 Å². The highest BCUT2D eigenvalue weighted by molar-refractivity contribution is 6.09. The third kappa shape index (κ3) is 3.75. The molecule has 174 valence electrons. The first kappa shape index (κ1) is 21.6. The molecule has 0 aliphatic carbocycles. The molecule has 2 heterocycles. The van der Waals surface area contributed by atoms with Crippen molar-refractivity contribution in [2.24, 2.45) is 0 Å². The number of fused-ring (bicyclic) bond motifs is 3. The topological polar surface area (TPSA) is 78.3 Å². The maximum absolute atomic E-state index is 12.7. The summed E-state index contributed by atoms with van der Waals surface area (Å²) < 4.78 is 7.56. The monoisotopic (exact) mass is 472 g/mol. The molecule has 0 amide bonds. The van der Waals surface area contributed by atoms with Crippen LogP contribution in [0.1, 0.15) is 5.56 Å². The lowest BCUT2D eigenvalue weighted by Crippen LogP contribution is -2.23. The van der Waals surface area contributed by atoms with E-state index in [2.05, 4.69) is 0 Å². The minimum atomic E-state index is -0.624. The Morgan fingerprint density at radius 3 is 2.22 bits per heavy atom. The average Bonchev–Trinajstić information content (AvgIpc) is 3.29. The van der Waals surface area contributed by atoms with E-state index in [0.29, 0.717) is 5.56 Å².